The summed E-state index contributed by atoms with van der Waals surface area (Å²) in [5.41, 5.74) is 0. The van der Waals surface area contributed by atoms with E-state index in [0.717, 1.165) is 0 Å². The van der Waals surface area contributed by atoms with Gasteiger partial charge >= 0.3 is 0 Å². The minimum atomic E-state index is -1.32. The summed E-state index contributed by atoms with van der Waals surface area (Å²) < 4.78 is 39.2. The van der Waals surface area contributed by atoms with Crippen molar-refractivity contribution in [2.75, 3.05) is 0 Å². The predicted molar refractivity (Wildman–Crippen MR) is 60.0 cm³/mol. The van der Waals surface area contributed by atoms with Crippen molar-refractivity contribution >= 4 is 30.9 Å². The largest absolute Gasteiger partial charge is 0.590 e. The monoisotopic (exact) mass is 236 g/mol. The van der Waals surface area contributed by atoms with E-state index >= 15 is 0 Å². The van der Waals surface area contributed by atoms with Crippen LogP contribution in [0.25, 0.3) is 20.2 Å². The van der Waals surface area contributed by atoms with Crippen LogP contribution in [-0.4, -0.2) is 4.55 Å². The number of thiophene rings is 1. The highest BCUT2D eigenvalue weighted by Gasteiger charge is 2.16. The summed E-state index contributed by atoms with van der Waals surface area (Å²) in [4.78, 5) is 0. The Balaban J connectivity index is 2.60. The second kappa shape index (κ2) is 3.23. The number of halogens is 2. The molecule has 0 N–H and O–H groups in total. The van der Waals surface area contributed by atoms with Crippen molar-refractivity contribution in [3.63, 3.8) is 0 Å². The number of hydrogen-bond donors (Lipinski definition) is 0. The Morgan fingerprint density at radius 1 is 0.812 bits per heavy atom. The first-order valence-corrected chi connectivity index (χ1v) is 5.83. The van der Waals surface area contributed by atoms with Gasteiger partial charge in [-0.05, 0) is 35.0 Å². The third-order valence-corrected chi connectivity index (χ3v) is 4.08. The Bertz CT molecular complexity index is 644. The molecule has 0 unspecified atom stereocenters. The van der Waals surface area contributed by atoms with E-state index in [2.05, 4.69) is 0 Å². The van der Waals surface area contributed by atoms with E-state index in [0.29, 0.717) is 20.2 Å². The lowest BCUT2D eigenvalue weighted by molar-refractivity contribution is 0.602. The van der Waals surface area contributed by atoms with Crippen LogP contribution < -0.4 is 0 Å². The fourth-order valence-electron chi connectivity index (χ4n) is 1.87. The van der Waals surface area contributed by atoms with Crippen molar-refractivity contribution < 1.29 is 13.3 Å². The maximum atomic E-state index is 13.1. The van der Waals surface area contributed by atoms with Crippen molar-refractivity contribution in [3.8, 4) is 0 Å². The van der Waals surface area contributed by atoms with Gasteiger partial charge in [0.25, 0.3) is 0 Å². The zero-order chi connectivity index (χ0) is 11.3. The standard InChI is InChI=1S/C12H6F2OS/c13-7-1-3-11-9(5-7)10-6-8(14)2-4-12(10)16(11)15/h1-6H. The number of hydrogen-bond acceptors (Lipinski definition) is 1. The Hall–Kier alpha value is -1.52. The molecule has 0 saturated heterocycles. The lowest BCUT2D eigenvalue weighted by Gasteiger charge is -1.90. The number of fused-ring (bicyclic) bond motifs is 3. The summed E-state index contributed by atoms with van der Waals surface area (Å²) in [5, 5.41) is 1.04. The van der Waals surface area contributed by atoms with Gasteiger partial charge in [-0.3, -0.25) is 0 Å². The Morgan fingerprint density at radius 3 is 1.69 bits per heavy atom. The van der Waals surface area contributed by atoms with Gasteiger partial charge in [-0.2, -0.15) is 0 Å². The van der Waals surface area contributed by atoms with E-state index in [1.807, 2.05) is 0 Å². The van der Waals surface area contributed by atoms with Crippen LogP contribution in [-0.2, 0) is 0 Å². The summed E-state index contributed by atoms with van der Waals surface area (Å²) in [7, 11) is -1.32. The SMILES string of the molecule is [O-][s+]1c2ccc(F)cc2c2cc(F)ccc21. The highest BCUT2D eigenvalue weighted by molar-refractivity contribution is 7.37. The highest BCUT2D eigenvalue weighted by atomic mass is 32.2. The van der Waals surface area contributed by atoms with Gasteiger partial charge in [-0.1, -0.05) is 0 Å². The summed E-state index contributed by atoms with van der Waals surface area (Å²) in [5.74, 6) is -0.819. The van der Waals surface area contributed by atoms with Gasteiger partial charge < -0.3 is 4.55 Å². The number of benzene rings is 2. The molecule has 0 saturated carbocycles. The Morgan fingerprint density at radius 2 is 1.25 bits per heavy atom. The molecule has 3 aromatic rings. The van der Waals surface area contributed by atoms with Gasteiger partial charge in [-0.15, -0.1) is 0 Å². The van der Waals surface area contributed by atoms with Crippen molar-refractivity contribution in [2.45, 2.75) is 0 Å². The highest BCUT2D eigenvalue weighted by Crippen LogP contribution is 2.40. The molecule has 4 heteroatoms. The molecule has 0 aliphatic heterocycles. The van der Waals surface area contributed by atoms with Crippen LogP contribution >= 0.6 is 10.8 Å². The normalized spacial score (nSPS) is 11.4. The fraction of sp³-hybridized carbons (Fsp3) is 0. The first kappa shape index (κ1) is 9.69. The topological polar surface area (TPSA) is 23.1 Å². The molecule has 3 rings (SSSR count). The van der Waals surface area contributed by atoms with Crippen LogP contribution in [0.15, 0.2) is 36.4 Å². The maximum absolute atomic E-state index is 13.1. The summed E-state index contributed by atoms with van der Waals surface area (Å²) in [6, 6.07) is 8.08. The maximum Gasteiger partial charge on any atom is 0.180 e. The van der Waals surface area contributed by atoms with Gasteiger partial charge in [0, 0.05) is 12.1 Å². The third-order valence-electron chi connectivity index (χ3n) is 2.57. The minimum absolute atomic E-state index is 0.409. The minimum Gasteiger partial charge on any atom is -0.590 e. The van der Waals surface area contributed by atoms with Crippen LogP contribution in [0, 0.1) is 11.6 Å². The van der Waals surface area contributed by atoms with Crippen molar-refractivity contribution in [2.24, 2.45) is 0 Å². The molecule has 0 atom stereocenters. The molecule has 80 valence electrons. The van der Waals surface area contributed by atoms with Crippen LogP contribution in [0.3, 0.4) is 0 Å². The molecular formula is C12H6F2OS. The molecule has 0 radical (unpaired) electrons. The van der Waals surface area contributed by atoms with Gasteiger partial charge in [0.15, 0.2) is 9.40 Å². The van der Waals surface area contributed by atoms with E-state index in [-0.39, 0.29) is 0 Å². The van der Waals surface area contributed by atoms with E-state index in [1.165, 1.54) is 36.4 Å². The van der Waals surface area contributed by atoms with Crippen LogP contribution in [0.4, 0.5) is 8.78 Å². The molecule has 0 amide bonds. The first-order chi connectivity index (χ1) is 7.66. The number of rotatable bonds is 0. The Labute approximate surface area is 92.7 Å². The van der Waals surface area contributed by atoms with E-state index in [1.54, 1.807) is 0 Å². The average molecular weight is 236 g/mol. The van der Waals surface area contributed by atoms with Gasteiger partial charge in [0.2, 0.25) is 0 Å². The molecule has 0 spiro atoms. The van der Waals surface area contributed by atoms with Crippen LogP contribution in [0.5, 0.6) is 0 Å². The van der Waals surface area contributed by atoms with Crippen molar-refractivity contribution in [1.82, 2.24) is 0 Å². The Kier molecular flexibility index (Phi) is 1.96. The molecule has 0 bridgehead atoms. The van der Waals surface area contributed by atoms with Crippen molar-refractivity contribution in [1.29, 1.82) is 0 Å². The zero-order valence-electron chi connectivity index (χ0n) is 8.04. The lowest BCUT2D eigenvalue weighted by atomic mass is 10.1. The van der Waals surface area contributed by atoms with Crippen molar-refractivity contribution in [3.05, 3.63) is 48.0 Å². The van der Waals surface area contributed by atoms with Gasteiger partial charge in [-0.25, -0.2) is 8.78 Å². The summed E-state index contributed by atoms with van der Waals surface area (Å²) >= 11 is 0. The first-order valence-electron chi connectivity index (χ1n) is 4.68. The molecule has 0 fully saturated rings. The molecule has 1 heterocycles. The van der Waals surface area contributed by atoms with E-state index in [9.17, 15) is 13.3 Å². The summed E-state index contributed by atoms with van der Waals surface area (Å²) in [6.45, 7) is 0. The molecular weight excluding hydrogens is 230 g/mol. The molecule has 1 aromatic heterocycles. The molecule has 0 aliphatic rings. The van der Waals surface area contributed by atoms with E-state index in [4.69, 9.17) is 0 Å². The lowest BCUT2D eigenvalue weighted by Crippen LogP contribution is -1.73. The van der Waals surface area contributed by atoms with Gasteiger partial charge in [0.1, 0.15) is 11.6 Å². The molecule has 2 aromatic carbocycles. The smallest absolute Gasteiger partial charge is 0.180 e. The second-order valence-electron chi connectivity index (χ2n) is 3.55. The third kappa shape index (κ3) is 1.24. The molecule has 16 heavy (non-hydrogen) atoms. The zero-order valence-corrected chi connectivity index (χ0v) is 8.85. The quantitative estimate of drug-likeness (QED) is 0.541. The fourth-order valence-corrected chi connectivity index (χ4v) is 3.22. The second-order valence-corrected chi connectivity index (χ2v) is 4.97. The summed E-state index contributed by atoms with van der Waals surface area (Å²) in [6.07, 6.45) is 0. The van der Waals surface area contributed by atoms with Crippen LogP contribution in [0.2, 0.25) is 0 Å². The average Bonchev–Trinajstić information content (AvgIpc) is 2.52. The molecule has 0 aliphatic carbocycles. The molecule has 1 nitrogen and oxygen atoms in total. The van der Waals surface area contributed by atoms with Crippen LogP contribution in [0.1, 0.15) is 0 Å². The van der Waals surface area contributed by atoms with E-state index < -0.39 is 22.4 Å². The predicted octanol–water partition coefficient (Wildman–Crippen LogP) is 4.00. The van der Waals surface area contributed by atoms with Gasteiger partial charge in [0.05, 0.1) is 10.8 Å².